The normalized spacial score (nSPS) is 17.5. The Balaban J connectivity index is 2.12. The van der Waals surface area contributed by atoms with Crippen LogP contribution >= 0.6 is 31.9 Å². The van der Waals surface area contributed by atoms with Crippen molar-refractivity contribution in [1.29, 1.82) is 0 Å². The van der Waals surface area contributed by atoms with Gasteiger partial charge in [-0.05, 0) is 75.2 Å². The van der Waals surface area contributed by atoms with Crippen LogP contribution in [0.1, 0.15) is 44.1 Å². The Hall–Kier alpha value is -0.0600. The Morgan fingerprint density at radius 3 is 2.11 bits per heavy atom. The molecule has 0 aliphatic heterocycles. The maximum Gasteiger partial charge on any atom is 0.148 e. The fourth-order valence-electron chi connectivity index (χ4n) is 2.37. The van der Waals surface area contributed by atoms with Crippen LogP contribution < -0.4 is 10.5 Å². The molecule has 1 aliphatic rings. The van der Waals surface area contributed by atoms with Crippen molar-refractivity contribution >= 4 is 31.9 Å². The van der Waals surface area contributed by atoms with Gasteiger partial charge in [-0.3, -0.25) is 0 Å². The number of ether oxygens (including phenoxy) is 1. The van der Waals surface area contributed by atoms with Gasteiger partial charge in [0, 0.05) is 6.54 Å². The second-order valence-corrected chi connectivity index (χ2v) is 6.53. The van der Waals surface area contributed by atoms with Gasteiger partial charge >= 0.3 is 0 Å². The van der Waals surface area contributed by atoms with Gasteiger partial charge in [-0.1, -0.05) is 12.8 Å². The molecule has 0 atom stereocenters. The highest BCUT2D eigenvalue weighted by Gasteiger charge is 2.17. The summed E-state index contributed by atoms with van der Waals surface area (Å²) >= 11 is 7.15. The maximum absolute atomic E-state index is 6.16. The van der Waals surface area contributed by atoms with Crippen molar-refractivity contribution < 1.29 is 4.74 Å². The Labute approximate surface area is 126 Å². The van der Waals surface area contributed by atoms with Gasteiger partial charge in [-0.15, -0.1) is 0 Å². The Morgan fingerprint density at radius 2 is 1.61 bits per heavy atom. The molecule has 1 fully saturated rings. The number of halogens is 2. The molecule has 2 rings (SSSR count). The Kier molecular flexibility index (Phi) is 5.52. The summed E-state index contributed by atoms with van der Waals surface area (Å²) in [5, 5.41) is 0. The second-order valence-electron chi connectivity index (χ2n) is 4.82. The minimum absolute atomic E-state index is 0.351. The number of benzene rings is 1. The van der Waals surface area contributed by atoms with Gasteiger partial charge < -0.3 is 10.5 Å². The van der Waals surface area contributed by atoms with Crippen LogP contribution in [-0.4, -0.2) is 6.10 Å². The van der Waals surface area contributed by atoms with Gasteiger partial charge in [0.2, 0.25) is 0 Å². The first-order valence-corrected chi connectivity index (χ1v) is 8.14. The Bertz CT molecular complexity index is 378. The first-order chi connectivity index (χ1) is 8.70. The van der Waals surface area contributed by atoms with Gasteiger partial charge in [0.25, 0.3) is 0 Å². The molecule has 0 heterocycles. The first kappa shape index (κ1) is 14.4. The molecule has 0 radical (unpaired) electrons. The van der Waals surface area contributed by atoms with Crippen molar-refractivity contribution in [3.63, 3.8) is 0 Å². The third-order valence-corrected chi connectivity index (χ3v) is 4.56. The van der Waals surface area contributed by atoms with Crippen LogP contribution in [0, 0.1) is 0 Å². The lowest BCUT2D eigenvalue weighted by molar-refractivity contribution is 0.181. The third kappa shape index (κ3) is 3.72. The molecule has 0 amide bonds. The predicted molar refractivity (Wildman–Crippen MR) is 81.9 cm³/mol. The molecule has 2 N–H and O–H groups in total. The molecule has 100 valence electrons. The van der Waals surface area contributed by atoms with Crippen LogP contribution in [-0.2, 0) is 6.54 Å². The van der Waals surface area contributed by atoms with Crippen molar-refractivity contribution in [2.75, 3.05) is 0 Å². The van der Waals surface area contributed by atoms with Gasteiger partial charge in [-0.25, -0.2) is 0 Å². The van der Waals surface area contributed by atoms with E-state index in [-0.39, 0.29) is 0 Å². The lowest BCUT2D eigenvalue weighted by Crippen LogP contribution is -2.15. The number of rotatable bonds is 3. The molecule has 0 unspecified atom stereocenters. The predicted octanol–water partition coefficient (Wildman–Crippen LogP) is 4.77. The van der Waals surface area contributed by atoms with Crippen molar-refractivity contribution in [3.8, 4) is 5.75 Å². The zero-order chi connectivity index (χ0) is 13.0. The summed E-state index contributed by atoms with van der Waals surface area (Å²) in [5.74, 6) is 0.916. The fraction of sp³-hybridized carbons (Fsp3) is 0.571. The molecule has 0 bridgehead atoms. The summed E-state index contributed by atoms with van der Waals surface area (Å²) in [7, 11) is 0. The van der Waals surface area contributed by atoms with E-state index in [1.54, 1.807) is 0 Å². The molecule has 4 heteroatoms. The van der Waals surface area contributed by atoms with Gasteiger partial charge in [0.05, 0.1) is 15.0 Å². The molecule has 1 aliphatic carbocycles. The van der Waals surface area contributed by atoms with E-state index in [9.17, 15) is 0 Å². The summed E-state index contributed by atoms with van der Waals surface area (Å²) in [4.78, 5) is 0. The maximum atomic E-state index is 6.16. The SMILES string of the molecule is NCc1cc(Br)c(OC2CCCCCC2)c(Br)c1. The molecule has 1 aromatic carbocycles. The molecular weight excluding hydrogens is 358 g/mol. The van der Waals surface area contributed by atoms with Crippen LogP contribution in [0.5, 0.6) is 5.75 Å². The summed E-state index contributed by atoms with van der Waals surface area (Å²) in [6.45, 7) is 0.543. The molecule has 0 saturated heterocycles. The van der Waals surface area contributed by atoms with Crippen LogP contribution in [0.2, 0.25) is 0 Å². The lowest BCUT2D eigenvalue weighted by atomic mass is 10.1. The quantitative estimate of drug-likeness (QED) is 0.771. The van der Waals surface area contributed by atoms with Crippen LogP contribution in [0.4, 0.5) is 0 Å². The monoisotopic (exact) mass is 375 g/mol. The Morgan fingerprint density at radius 1 is 1.06 bits per heavy atom. The molecule has 1 aromatic rings. The average Bonchev–Trinajstić information content (AvgIpc) is 2.62. The molecule has 0 aromatic heterocycles. The van der Waals surface area contributed by atoms with Crippen molar-refractivity contribution in [1.82, 2.24) is 0 Å². The van der Waals surface area contributed by atoms with Crippen molar-refractivity contribution in [2.24, 2.45) is 5.73 Å². The van der Waals surface area contributed by atoms with Crippen LogP contribution in [0.15, 0.2) is 21.1 Å². The number of hydrogen-bond donors (Lipinski definition) is 1. The van der Waals surface area contributed by atoms with E-state index in [0.717, 1.165) is 33.1 Å². The van der Waals surface area contributed by atoms with E-state index < -0.39 is 0 Å². The number of hydrogen-bond acceptors (Lipinski definition) is 2. The zero-order valence-corrected chi connectivity index (χ0v) is 13.6. The summed E-state index contributed by atoms with van der Waals surface area (Å²) in [6.07, 6.45) is 7.92. The average molecular weight is 377 g/mol. The molecule has 1 saturated carbocycles. The van der Waals surface area contributed by atoms with Crippen molar-refractivity contribution in [2.45, 2.75) is 51.2 Å². The molecule has 0 spiro atoms. The van der Waals surface area contributed by atoms with E-state index >= 15 is 0 Å². The molecular formula is C14H19Br2NO. The minimum Gasteiger partial charge on any atom is -0.488 e. The van der Waals surface area contributed by atoms with E-state index in [1.807, 2.05) is 12.1 Å². The largest absolute Gasteiger partial charge is 0.488 e. The highest BCUT2D eigenvalue weighted by atomic mass is 79.9. The van der Waals surface area contributed by atoms with E-state index in [4.69, 9.17) is 10.5 Å². The second kappa shape index (κ2) is 6.92. The highest BCUT2D eigenvalue weighted by molar-refractivity contribution is 9.11. The summed E-state index contributed by atoms with van der Waals surface area (Å²) < 4.78 is 8.14. The molecule has 18 heavy (non-hydrogen) atoms. The zero-order valence-electron chi connectivity index (χ0n) is 10.4. The third-order valence-electron chi connectivity index (χ3n) is 3.38. The standard InChI is InChI=1S/C14H19Br2NO/c15-12-7-10(9-17)8-13(16)14(12)18-11-5-3-1-2-4-6-11/h7-8,11H,1-6,9,17H2. The fourth-order valence-corrected chi connectivity index (χ4v) is 3.84. The van der Waals surface area contributed by atoms with E-state index in [2.05, 4.69) is 31.9 Å². The summed E-state index contributed by atoms with van der Waals surface area (Å²) in [5.41, 5.74) is 6.76. The van der Waals surface area contributed by atoms with Gasteiger partial charge in [0.1, 0.15) is 5.75 Å². The van der Waals surface area contributed by atoms with Gasteiger partial charge in [-0.2, -0.15) is 0 Å². The highest BCUT2D eigenvalue weighted by Crippen LogP contribution is 2.36. The number of nitrogens with two attached hydrogens (primary N) is 1. The smallest absolute Gasteiger partial charge is 0.148 e. The summed E-state index contributed by atoms with van der Waals surface area (Å²) in [6, 6.07) is 4.08. The topological polar surface area (TPSA) is 35.2 Å². The first-order valence-electron chi connectivity index (χ1n) is 6.55. The van der Waals surface area contributed by atoms with E-state index in [1.165, 1.54) is 25.7 Å². The lowest BCUT2D eigenvalue weighted by Gasteiger charge is -2.19. The van der Waals surface area contributed by atoms with Gasteiger partial charge in [0.15, 0.2) is 0 Å². The van der Waals surface area contributed by atoms with Crippen LogP contribution in [0.3, 0.4) is 0 Å². The minimum atomic E-state index is 0.351. The van der Waals surface area contributed by atoms with Crippen LogP contribution in [0.25, 0.3) is 0 Å². The van der Waals surface area contributed by atoms with E-state index in [0.29, 0.717) is 12.6 Å². The molecule has 2 nitrogen and oxygen atoms in total. The van der Waals surface area contributed by atoms with Crippen molar-refractivity contribution in [3.05, 3.63) is 26.6 Å².